The van der Waals surface area contributed by atoms with Crippen LogP contribution in [0.25, 0.3) is 0 Å². The van der Waals surface area contributed by atoms with Crippen LogP contribution in [0.3, 0.4) is 0 Å². The standard InChI is InChI=1S/C13H19NO3/c1-4-5-11-13(14-16-3)10-7-6-9(15-2)8-12(10)17-11/h6-8,11,13-14H,4-5H2,1-3H3. The summed E-state index contributed by atoms with van der Waals surface area (Å²) in [5.74, 6) is 1.70. The highest BCUT2D eigenvalue weighted by Crippen LogP contribution is 2.40. The molecule has 1 N–H and O–H groups in total. The first-order valence-corrected chi connectivity index (χ1v) is 5.93. The molecule has 2 unspecified atom stereocenters. The molecule has 4 heteroatoms. The molecule has 2 rings (SSSR count). The molecule has 1 aliphatic heterocycles. The third-order valence-corrected chi connectivity index (χ3v) is 3.02. The van der Waals surface area contributed by atoms with Crippen molar-refractivity contribution in [3.05, 3.63) is 23.8 Å². The van der Waals surface area contributed by atoms with Crippen LogP contribution < -0.4 is 15.0 Å². The van der Waals surface area contributed by atoms with Crippen molar-refractivity contribution in [2.75, 3.05) is 14.2 Å². The minimum Gasteiger partial charge on any atom is -0.497 e. The first kappa shape index (κ1) is 12.2. The molecule has 1 aromatic carbocycles. The van der Waals surface area contributed by atoms with Crippen LogP contribution in [-0.2, 0) is 4.84 Å². The number of hydrogen-bond acceptors (Lipinski definition) is 4. The maximum Gasteiger partial charge on any atom is 0.128 e. The molecule has 0 aliphatic carbocycles. The van der Waals surface area contributed by atoms with Crippen molar-refractivity contribution < 1.29 is 14.3 Å². The Morgan fingerprint density at radius 1 is 1.35 bits per heavy atom. The molecule has 94 valence electrons. The largest absolute Gasteiger partial charge is 0.497 e. The number of benzene rings is 1. The molecule has 0 saturated heterocycles. The van der Waals surface area contributed by atoms with Crippen LogP contribution >= 0.6 is 0 Å². The number of fused-ring (bicyclic) bond motifs is 1. The topological polar surface area (TPSA) is 39.7 Å². The Labute approximate surface area is 102 Å². The van der Waals surface area contributed by atoms with Crippen LogP contribution in [0.4, 0.5) is 0 Å². The summed E-state index contributed by atoms with van der Waals surface area (Å²) in [6.45, 7) is 2.15. The van der Waals surface area contributed by atoms with E-state index in [0.29, 0.717) is 0 Å². The second kappa shape index (κ2) is 5.38. The van der Waals surface area contributed by atoms with Gasteiger partial charge in [-0.05, 0) is 18.6 Å². The molecule has 0 spiro atoms. The van der Waals surface area contributed by atoms with Crippen LogP contribution in [-0.4, -0.2) is 20.3 Å². The van der Waals surface area contributed by atoms with Crippen LogP contribution in [0.1, 0.15) is 31.4 Å². The summed E-state index contributed by atoms with van der Waals surface area (Å²) < 4.78 is 11.1. The lowest BCUT2D eigenvalue weighted by Crippen LogP contribution is -2.30. The van der Waals surface area contributed by atoms with E-state index in [2.05, 4.69) is 12.4 Å². The number of nitrogens with one attached hydrogen (secondary N) is 1. The highest BCUT2D eigenvalue weighted by atomic mass is 16.6. The Kier molecular flexibility index (Phi) is 3.86. The normalized spacial score (nSPS) is 22.1. The Bertz CT molecular complexity index is 381. The van der Waals surface area contributed by atoms with Crippen molar-refractivity contribution in [3.8, 4) is 11.5 Å². The Balaban J connectivity index is 2.25. The van der Waals surface area contributed by atoms with Crippen molar-refractivity contribution in [1.29, 1.82) is 0 Å². The monoisotopic (exact) mass is 237 g/mol. The number of methoxy groups -OCH3 is 1. The molecule has 2 atom stereocenters. The summed E-state index contributed by atoms with van der Waals surface area (Å²) in [5.41, 5.74) is 4.14. The van der Waals surface area contributed by atoms with Gasteiger partial charge in [0.25, 0.3) is 0 Å². The van der Waals surface area contributed by atoms with Crippen molar-refractivity contribution in [3.63, 3.8) is 0 Å². The Morgan fingerprint density at radius 2 is 2.18 bits per heavy atom. The van der Waals surface area contributed by atoms with Gasteiger partial charge in [-0.1, -0.05) is 13.3 Å². The van der Waals surface area contributed by atoms with Gasteiger partial charge >= 0.3 is 0 Å². The molecule has 17 heavy (non-hydrogen) atoms. The van der Waals surface area contributed by atoms with Crippen LogP contribution in [0, 0.1) is 0 Å². The summed E-state index contributed by atoms with van der Waals surface area (Å²) in [6, 6.07) is 6.00. The molecular weight excluding hydrogens is 218 g/mol. The molecule has 0 amide bonds. The van der Waals surface area contributed by atoms with E-state index >= 15 is 0 Å². The fraction of sp³-hybridized carbons (Fsp3) is 0.538. The fourth-order valence-electron chi connectivity index (χ4n) is 2.21. The lowest BCUT2D eigenvalue weighted by molar-refractivity contribution is 0.0269. The molecule has 4 nitrogen and oxygen atoms in total. The summed E-state index contributed by atoms with van der Waals surface area (Å²) in [4.78, 5) is 5.05. The zero-order valence-corrected chi connectivity index (χ0v) is 10.5. The van der Waals surface area contributed by atoms with E-state index < -0.39 is 0 Å². The molecule has 0 radical (unpaired) electrons. The second-order valence-corrected chi connectivity index (χ2v) is 4.15. The van der Waals surface area contributed by atoms with Gasteiger partial charge in [0, 0.05) is 11.6 Å². The van der Waals surface area contributed by atoms with Crippen LogP contribution in [0.15, 0.2) is 18.2 Å². The Hall–Kier alpha value is -1.26. The van der Waals surface area contributed by atoms with Crippen LogP contribution in [0.5, 0.6) is 11.5 Å². The molecular formula is C13H19NO3. The van der Waals surface area contributed by atoms with Gasteiger partial charge in [0.1, 0.15) is 17.6 Å². The van der Waals surface area contributed by atoms with E-state index in [4.69, 9.17) is 14.3 Å². The van der Waals surface area contributed by atoms with Gasteiger partial charge in [-0.15, -0.1) is 0 Å². The second-order valence-electron chi connectivity index (χ2n) is 4.15. The quantitative estimate of drug-likeness (QED) is 0.798. The third-order valence-electron chi connectivity index (χ3n) is 3.02. The van der Waals surface area contributed by atoms with Crippen molar-refractivity contribution in [2.45, 2.75) is 31.9 Å². The molecule has 0 bridgehead atoms. The molecule has 0 saturated carbocycles. The van der Waals surface area contributed by atoms with Gasteiger partial charge in [0.05, 0.1) is 20.3 Å². The SMILES string of the molecule is CCCC1Oc2cc(OC)ccc2C1NOC. The minimum absolute atomic E-state index is 0.0980. The van der Waals surface area contributed by atoms with Crippen molar-refractivity contribution >= 4 is 0 Å². The van der Waals surface area contributed by atoms with Crippen molar-refractivity contribution in [1.82, 2.24) is 5.48 Å². The molecule has 1 aromatic rings. The third kappa shape index (κ3) is 2.37. The number of ether oxygens (including phenoxy) is 2. The first-order valence-electron chi connectivity index (χ1n) is 5.93. The maximum absolute atomic E-state index is 5.93. The molecule has 0 fully saturated rings. The van der Waals surface area contributed by atoms with Crippen LogP contribution in [0.2, 0.25) is 0 Å². The number of rotatable bonds is 5. The average molecular weight is 237 g/mol. The smallest absolute Gasteiger partial charge is 0.128 e. The first-order chi connectivity index (χ1) is 8.30. The highest BCUT2D eigenvalue weighted by molar-refractivity contribution is 5.45. The molecule has 1 aliphatic rings. The zero-order valence-electron chi connectivity index (χ0n) is 10.5. The predicted molar refractivity (Wildman–Crippen MR) is 65.2 cm³/mol. The number of hydrogen-bond donors (Lipinski definition) is 1. The van der Waals surface area contributed by atoms with Gasteiger partial charge in [0.2, 0.25) is 0 Å². The van der Waals surface area contributed by atoms with Crippen molar-refractivity contribution in [2.24, 2.45) is 0 Å². The lowest BCUT2D eigenvalue weighted by Gasteiger charge is -2.18. The van der Waals surface area contributed by atoms with E-state index in [1.54, 1.807) is 14.2 Å². The maximum atomic E-state index is 5.93. The Morgan fingerprint density at radius 3 is 2.82 bits per heavy atom. The van der Waals surface area contributed by atoms with Gasteiger partial charge in [-0.2, -0.15) is 5.48 Å². The summed E-state index contributed by atoms with van der Waals surface area (Å²) in [5, 5.41) is 0. The summed E-state index contributed by atoms with van der Waals surface area (Å²) >= 11 is 0. The average Bonchev–Trinajstić information content (AvgIpc) is 2.68. The van der Waals surface area contributed by atoms with E-state index in [0.717, 1.165) is 29.9 Å². The summed E-state index contributed by atoms with van der Waals surface area (Å²) in [7, 11) is 3.29. The van der Waals surface area contributed by atoms with E-state index in [1.165, 1.54) is 0 Å². The fourth-order valence-corrected chi connectivity index (χ4v) is 2.21. The molecule has 1 heterocycles. The molecule has 0 aromatic heterocycles. The lowest BCUT2D eigenvalue weighted by atomic mass is 10.0. The number of hydroxylamine groups is 1. The van der Waals surface area contributed by atoms with Gasteiger partial charge < -0.3 is 14.3 Å². The highest BCUT2D eigenvalue weighted by Gasteiger charge is 2.34. The van der Waals surface area contributed by atoms with E-state index in [1.807, 2.05) is 18.2 Å². The minimum atomic E-state index is 0.0980. The predicted octanol–water partition coefficient (Wildman–Crippen LogP) is 2.45. The van der Waals surface area contributed by atoms with Gasteiger partial charge in [0.15, 0.2) is 0 Å². The van der Waals surface area contributed by atoms with Gasteiger partial charge in [-0.25, -0.2) is 0 Å². The zero-order chi connectivity index (χ0) is 12.3. The van der Waals surface area contributed by atoms with E-state index in [-0.39, 0.29) is 12.1 Å². The van der Waals surface area contributed by atoms with E-state index in [9.17, 15) is 0 Å². The van der Waals surface area contributed by atoms with Gasteiger partial charge in [-0.3, -0.25) is 0 Å². The summed E-state index contributed by atoms with van der Waals surface area (Å²) in [6.07, 6.45) is 2.21.